The van der Waals surface area contributed by atoms with Gasteiger partial charge in [-0.3, -0.25) is 4.79 Å². The molecule has 0 radical (unpaired) electrons. The second-order valence-electron chi connectivity index (χ2n) is 7.42. The van der Waals surface area contributed by atoms with E-state index in [1.165, 1.54) is 0 Å². The van der Waals surface area contributed by atoms with E-state index >= 15 is 0 Å². The molecule has 6 nitrogen and oxygen atoms in total. The Bertz CT molecular complexity index is 692. The number of rotatable bonds is 5. The molecule has 1 amide bonds. The van der Waals surface area contributed by atoms with E-state index in [1.54, 1.807) is 14.0 Å². The van der Waals surface area contributed by atoms with Gasteiger partial charge in [0.15, 0.2) is 0 Å². The molecular weight excluding hydrogens is 361 g/mol. The minimum atomic E-state index is -4.50. The molecule has 1 aliphatic heterocycles. The maximum absolute atomic E-state index is 13.1. The van der Waals surface area contributed by atoms with E-state index in [1.807, 2.05) is 4.90 Å². The molecule has 9 heteroatoms. The number of alkyl halides is 3. The Kier molecular flexibility index (Phi) is 5.60. The molecule has 0 aromatic carbocycles. The summed E-state index contributed by atoms with van der Waals surface area (Å²) < 4.78 is 44.4. The first-order chi connectivity index (χ1) is 12.7. The van der Waals surface area contributed by atoms with Crippen molar-refractivity contribution in [3.63, 3.8) is 0 Å². The number of aromatic nitrogens is 2. The Labute approximate surface area is 156 Å². The SMILES string of the molecule is COCCC(=O)NC1CCN(c2nc(C)cc(C(F)(F)F)n2)C2(CCC2)C1. The zero-order valence-electron chi connectivity index (χ0n) is 15.6. The molecule has 2 heterocycles. The molecule has 1 saturated heterocycles. The smallest absolute Gasteiger partial charge is 0.384 e. The van der Waals surface area contributed by atoms with E-state index in [0.717, 1.165) is 25.3 Å². The van der Waals surface area contributed by atoms with E-state index < -0.39 is 11.9 Å². The van der Waals surface area contributed by atoms with E-state index in [9.17, 15) is 18.0 Å². The average Bonchev–Trinajstić information content (AvgIpc) is 2.57. The number of carbonyl (C=O) groups is 1. The monoisotopic (exact) mass is 386 g/mol. The fraction of sp³-hybridized carbons (Fsp3) is 0.722. The summed E-state index contributed by atoms with van der Waals surface area (Å²) in [5.41, 5.74) is -0.875. The third kappa shape index (κ3) is 4.34. The molecule has 150 valence electrons. The van der Waals surface area contributed by atoms with Crippen LogP contribution in [0.15, 0.2) is 6.07 Å². The van der Waals surface area contributed by atoms with Crippen LogP contribution in [0.5, 0.6) is 0 Å². The normalized spacial score (nSPS) is 21.8. The maximum Gasteiger partial charge on any atom is 0.433 e. The number of ether oxygens (including phenoxy) is 1. The standard InChI is InChI=1S/C18H25F3N4O2/c1-12-10-14(18(19,20)21)24-16(22-12)25-8-4-13(11-17(25)6-3-7-17)23-15(26)5-9-27-2/h10,13H,3-9,11H2,1-2H3,(H,23,26). The summed E-state index contributed by atoms with van der Waals surface area (Å²) in [4.78, 5) is 22.0. The Morgan fingerprint density at radius 3 is 2.74 bits per heavy atom. The van der Waals surface area contributed by atoms with Crippen LogP contribution in [0.2, 0.25) is 0 Å². The highest BCUT2D eigenvalue weighted by Crippen LogP contribution is 2.46. The van der Waals surface area contributed by atoms with Crippen molar-refractivity contribution in [2.24, 2.45) is 0 Å². The van der Waals surface area contributed by atoms with Crippen molar-refractivity contribution in [1.82, 2.24) is 15.3 Å². The Balaban J connectivity index is 1.77. The molecule has 2 aliphatic rings. The predicted molar refractivity (Wildman–Crippen MR) is 93.4 cm³/mol. The van der Waals surface area contributed by atoms with Crippen molar-refractivity contribution in [2.75, 3.05) is 25.2 Å². The summed E-state index contributed by atoms with van der Waals surface area (Å²) >= 11 is 0. The van der Waals surface area contributed by atoms with Crippen LogP contribution < -0.4 is 10.2 Å². The molecule has 0 bridgehead atoms. The van der Waals surface area contributed by atoms with Crippen LogP contribution in [0.1, 0.15) is 49.9 Å². The number of carbonyl (C=O) groups excluding carboxylic acids is 1. The number of methoxy groups -OCH3 is 1. The van der Waals surface area contributed by atoms with Gasteiger partial charge in [0.05, 0.1) is 6.61 Å². The third-order valence-electron chi connectivity index (χ3n) is 5.46. The van der Waals surface area contributed by atoms with Gasteiger partial charge in [-0.2, -0.15) is 13.2 Å². The highest BCUT2D eigenvalue weighted by Gasteiger charge is 2.48. The number of aryl methyl sites for hydroxylation is 1. The molecule has 1 unspecified atom stereocenters. The van der Waals surface area contributed by atoms with Crippen LogP contribution >= 0.6 is 0 Å². The predicted octanol–water partition coefficient (Wildman–Crippen LogP) is 2.85. The molecule has 1 aromatic heterocycles. The van der Waals surface area contributed by atoms with Gasteiger partial charge in [-0.15, -0.1) is 0 Å². The van der Waals surface area contributed by atoms with Crippen LogP contribution in [-0.2, 0) is 15.7 Å². The van der Waals surface area contributed by atoms with E-state index in [2.05, 4.69) is 15.3 Å². The van der Waals surface area contributed by atoms with Crippen LogP contribution in [0.4, 0.5) is 19.1 Å². The number of hydrogen-bond acceptors (Lipinski definition) is 5. The fourth-order valence-electron chi connectivity index (χ4n) is 4.00. The minimum Gasteiger partial charge on any atom is -0.384 e. The molecule has 3 rings (SSSR count). The van der Waals surface area contributed by atoms with Crippen molar-refractivity contribution in [2.45, 2.75) is 63.2 Å². The van der Waals surface area contributed by atoms with Gasteiger partial charge in [0.25, 0.3) is 0 Å². The zero-order chi connectivity index (χ0) is 19.7. The van der Waals surface area contributed by atoms with Crippen LogP contribution in [0, 0.1) is 6.92 Å². The molecule has 1 atom stereocenters. The van der Waals surface area contributed by atoms with Crippen molar-refractivity contribution in [3.05, 3.63) is 17.5 Å². The van der Waals surface area contributed by atoms with Gasteiger partial charge in [0, 0.05) is 37.4 Å². The van der Waals surface area contributed by atoms with Gasteiger partial charge < -0.3 is 15.0 Å². The van der Waals surface area contributed by atoms with Gasteiger partial charge in [-0.05, 0) is 45.1 Å². The Morgan fingerprint density at radius 2 is 2.15 bits per heavy atom. The molecule has 1 N–H and O–H groups in total. The van der Waals surface area contributed by atoms with E-state index in [-0.39, 0.29) is 23.4 Å². The zero-order valence-corrected chi connectivity index (χ0v) is 15.6. The number of piperidine rings is 1. The number of nitrogens with zero attached hydrogens (tertiary/aromatic N) is 3. The van der Waals surface area contributed by atoms with E-state index in [4.69, 9.17) is 4.74 Å². The Morgan fingerprint density at radius 1 is 1.41 bits per heavy atom. The summed E-state index contributed by atoms with van der Waals surface area (Å²) in [6, 6.07) is 0.984. The molecule has 1 aliphatic carbocycles. The lowest BCUT2D eigenvalue weighted by Crippen LogP contribution is -2.62. The highest BCUT2D eigenvalue weighted by atomic mass is 19.4. The lowest BCUT2D eigenvalue weighted by molar-refractivity contribution is -0.141. The number of hydrogen-bond donors (Lipinski definition) is 1. The lowest BCUT2D eigenvalue weighted by Gasteiger charge is -2.55. The van der Waals surface area contributed by atoms with E-state index in [0.29, 0.717) is 38.1 Å². The van der Waals surface area contributed by atoms with Crippen LogP contribution in [0.25, 0.3) is 0 Å². The Hall–Kier alpha value is -1.90. The van der Waals surface area contributed by atoms with Gasteiger partial charge in [0.2, 0.25) is 11.9 Å². The van der Waals surface area contributed by atoms with Gasteiger partial charge in [-0.25, -0.2) is 9.97 Å². The quantitative estimate of drug-likeness (QED) is 0.843. The number of nitrogens with one attached hydrogen (secondary N) is 1. The minimum absolute atomic E-state index is 0.0119. The summed E-state index contributed by atoms with van der Waals surface area (Å²) in [6.45, 7) is 2.44. The summed E-state index contributed by atoms with van der Waals surface area (Å²) in [6.07, 6.45) is -0.0863. The van der Waals surface area contributed by atoms with Gasteiger partial charge in [0.1, 0.15) is 5.69 Å². The topological polar surface area (TPSA) is 67.3 Å². The summed E-state index contributed by atoms with van der Waals surface area (Å²) in [7, 11) is 1.55. The largest absolute Gasteiger partial charge is 0.433 e. The molecular formula is C18H25F3N4O2. The van der Waals surface area contributed by atoms with Gasteiger partial charge in [-0.1, -0.05) is 0 Å². The first-order valence-corrected chi connectivity index (χ1v) is 9.22. The third-order valence-corrected chi connectivity index (χ3v) is 5.46. The molecule has 2 fully saturated rings. The second-order valence-corrected chi connectivity index (χ2v) is 7.42. The molecule has 1 spiro atoms. The van der Waals surface area contributed by atoms with Crippen molar-refractivity contribution in [1.29, 1.82) is 0 Å². The number of halogens is 3. The lowest BCUT2D eigenvalue weighted by atomic mass is 9.69. The maximum atomic E-state index is 13.1. The molecule has 1 saturated carbocycles. The van der Waals surface area contributed by atoms with Gasteiger partial charge >= 0.3 is 6.18 Å². The molecule has 1 aromatic rings. The van der Waals surface area contributed by atoms with Crippen molar-refractivity contribution < 1.29 is 22.7 Å². The highest BCUT2D eigenvalue weighted by molar-refractivity contribution is 5.76. The number of amides is 1. The first kappa shape index (κ1) is 19.9. The fourth-order valence-corrected chi connectivity index (χ4v) is 4.00. The summed E-state index contributed by atoms with van der Waals surface area (Å²) in [5, 5.41) is 3.03. The average molecular weight is 386 g/mol. The first-order valence-electron chi connectivity index (χ1n) is 9.22. The van der Waals surface area contributed by atoms with Crippen LogP contribution in [0.3, 0.4) is 0 Å². The summed E-state index contributed by atoms with van der Waals surface area (Å²) in [5.74, 6) is 0.0853. The van der Waals surface area contributed by atoms with Crippen LogP contribution in [-0.4, -0.2) is 47.7 Å². The second kappa shape index (κ2) is 7.61. The number of anilines is 1. The molecule has 27 heavy (non-hydrogen) atoms. The van der Waals surface area contributed by atoms with Crippen molar-refractivity contribution >= 4 is 11.9 Å². The van der Waals surface area contributed by atoms with Crippen molar-refractivity contribution in [3.8, 4) is 0 Å².